The van der Waals surface area contributed by atoms with E-state index in [1.165, 1.54) is 6.07 Å². The maximum atomic E-state index is 12.8. The van der Waals surface area contributed by atoms with E-state index in [-0.39, 0.29) is 24.0 Å². The molecule has 3 aromatic rings. The molecule has 8 heteroatoms. The number of carbonyl (C=O) groups excluding carboxylic acids is 1. The molecule has 1 aliphatic heterocycles. The largest absolute Gasteiger partial charge is 0.489 e. The van der Waals surface area contributed by atoms with Gasteiger partial charge in [0.15, 0.2) is 5.65 Å². The molecule has 0 saturated carbocycles. The maximum Gasteiger partial charge on any atom is 0.266 e. The molecule has 1 aromatic carbocycles. The number of H-pyrrole nitrogens is 1. The molecule has 2 N–H and O–H groups in total. The first-order valence-corrected chi connectivity index (χ1v) is 10.1. The van der Waals surface area contributed by atoms with Gasteiger partial charge in [0.25, 0.3) is 5.56 Å². The topological polar surface area (TPSA) is 97.7 Å². The molecule has 4 rings (SSSR count). The van der Waals surface area contributed by atoms with Crippen LogP contribution in [0.15, 0.2) is 29.1 Å². The average molecular weight is 410 g/mol. The Kier molecular flexibility index (Phi) is 5.59. The second kappa shape index (κ2) is 8.31. The molecule has 1 amide bonds. The van der Waals surface area contributed by atoms with Crippen molar-refractivity contribution in [1.29, 1.82) is 0 Å². The number of rotatable bonds is 6. The zero-order chi connectivity index (χ0) is 21.3. The number of benzene rings is 1. The Morgan fingerprint density at radius 2 is 2.17 bits per heavy atom. The number of aromatic nitrogens is 3. The first-order chi connectivity index (χ1) is 14.4. The molecule has 30 heavy (non-hydrogen) atoms. The van der Waals surface area contributed by atoms with Crippen molar-refractivity contribution in [3.8, 4) is 5.75 Å². The van der Waals surface area contributed by atoms with Crippen molar-refractivity contribution in [3.05, 3.63) is 57.1 Å². The predicted molar refractivity (Wildman–Crippen MR) is 113 cm³/mol. The molecule has 2 aromatic heterocycles. The molecule has 0 radical (unpaired) electrons. The number of hydrogen-bond donors (Lipinski definition) is 2. The lowest BCUT2D eigenvalue weighted by Crippen LogP contribution is -2.20. The van der Waals surface area contributed by atoms with Crippen LogP contribution < -0.4 is 15.6 Å². The molecule has 8 nitrogen and oxygen atoms in total. The molecule has 0 bridgehead atoms. The van der Waals surface area contributed by atoms with E-state index in [1.54, 1.807) is 4.52 Å². The van der Waals surface area contributed by atoms with Crippen LogP contribution in [0.25, 0.3) is 5.65 Å². The highest BCUT2D eigenvalue weighted by Gasteiger charge is 2.18. The van der Waals surface area contributed by atoms with Crippen LogP contribution in [0.3, 0.4) is 0 Å². The molecule has 0 spiro atoms. The van der Waals surface area contributed by atoms with E-state index < -0.39 is 0 Å². The molecular formula is C22H26N4O4. The van der Waals surface area contributed by atoms with Crippen LogP contribution in [-0.2, 0) is 16.0 Å². The minimum atomic E-state index is -0.223. The third-order valence-corrected chi connectivity index (χ3v) is 5.40. The monoisotopic (exact) mass is 410 g/mol. The molecule has 1 fully saturated rings. The van der Waals surface area contributed by atoms with Crippen molar-refractivity contribution in [3.63, 3.8) is 0 Å². The van der Waals surface area contributed by atoms with Crippen LogP contribution in [0.4, 0.5) is 5.69 Å². The summed E-state index contributed by atoms with van der Waals surface area (Å²) >= 11 is 0. The summed E-state index contributed by atoms with van der Waals surface area (Å²) in [6.45, 7) is 6.93. The fourth-order valence-corrected chi connectivity index (χ4v) is 3.78. The Morgan fingerprint density at radius 1 is 1.33 bits per heavy atom. The summed E-state index contributed by atoms with van der Waals surface area (Å²) in [6, 6.07) is 7.14. The lowest BCUT2D eigenvalue weighted by molar-refractivity contribution is -0.115. The number of amides is 1. The summed E-state index contributed by atoms with van der Waals surface area (Å²) in [5, 5.41) is 5.67. The summed E-state index contributed by atoms with van der Waals surface area (Å²) in [5.74, 6) is 0.457. The number of nitrogens with one attached hydrogen (secondary N) is 2. The van der Waals surface area contributed by atoms with Crippen LogP contribution in [0.5, 0.6) is 5.75 Å². The number of hydrogen-bond acceptors (Lipinski definition) is 5. The summed E-state index contributed by atoms with van der Waals surface area (Å²) < 4.78 is 13.2. The quantitative estimate of drug-likeness (QED) is 0.651. The molecule has 1 aliphatic rings. The second-order valence-electron chi connectivity index (χ2n) is 7.75. The minimum absolute atomic E-state index is 0.0980. The van der Waals surface area contributed by atoms with Gasteiger partial charge in [-0.05, 0) is 51.3 Å². The van der Waals surface area contributed by atoms with Gasteiger partial charge < -0.3 is 14.8 Å². The number of aryl methyl sites for hydroxylation is 3. The highest BCUT2D eigenvalue weighted by atomic mass is 16.5. The van der Waals surface area contributed by atoms with E-state index in [1.807, 2.05) is 39.0 Å². The van der Waals surface area contributed by atoms with Crippen LogP contribution >= 0.6 is 0 Å². The number of ether oxygens (including phenoxy) is 2. The van der Waals surface area contributed by atoms with Crippen molar-refractivity contribution >= 4 is 17.2 Å². The number of anilines is 1. The SMILES string of the molecule is Cc1ccc(NC(=O)Cc2c(C)nc3cc(=O)[nH]n3c2C)c(OCC2CCCO2)c1. The fraction of sp³-hybridized carbons (Fsp3) is 0.409. The summed E-state index contributed by atoms with van der Waals surface area (Å²) in [4.78, 5) is 28.9. The number of fused-ring (bicyclic) bond motifs is 1. The standard InChI is InChI=1S/C22H26N4O4/c1-13-6-7-18(19(9-13)30-12-16-5-4-8-29-16)24-21(27)10-17-14(2)23-20-11-22(28)25-26(20)15(17)3/h6-7,9,11,16H,4-5,8,10,12H2,1-3H3,(H,24,27)(H,25,28). The van der Waals surface area contributed by atoms with Gasteiger partial charge in [-0.1, -0.05) is 6.07 Å². The van der Waals surface area contributed by atoms with Crippen molar-refractivity contribution in [1.82, 2.24) is 14.6 Å². The average Bonchev–Trinajstić information content (AvgIpc) is 3.34. The Morgan fingerprint density at radius 3 is 2.93 bits per heavy atom. The Balaban J connectivity index is 1.51. The van der Waals surface area contributed by atoms with Gasteiger partial charge in [0.2, 0.25) is 5.91 Å². The highest BCUT2D eigenvalue weighted by Crippen LogP contribution is 2.27. The van der Waals surface area contributed by atoms with Gasteiger partial charge in [0, 0.05) is 29.6 Å². The summed E-state index contributed by atoms with van der Waals surface area (Å²) in [6.07, 6.45) is 2.28. The Hall–Kier alpha value is -3.13. The molecule has 0 aliphatic carbocycles. The van der Waals surface area contributed by atoms with Crippen molar-refractivity contribution in [2.75, 3.05) is 18.5 Å². The van der Waals surface area contributed by atoms with Gasteiger partial charge in [0.05, 0.1) is 18.2 Å². The normalized spacial score (nSPS) is 16.2. The van der Waals surface area contributed by atoms with E-state index in [0.717, 1.165) is 42.0 Å². The van der Waals surface area contributed by atoms with Gasteiger partial charge in [-0.15, -0.1) is 0 Å². The first kappa shape index (κ1) is 20.2. The zero-order valence-corrected chi connectivity index (χ0v) is 17.4. The van der Waals surface area contributed by atoms with Crippen molar-refractivity contribution in [2.24, 2.45) is 0 Å². The molecule has 1 atom stereocenters. The van der Waals surface area contributed by atoms with Crippen molar-refractivity contribution in [2.45, 2.75) is 46.1 Å². The lowest BCUT2D eigenvalue weighted by Gasteiger charge is -2.16. The van der Waals surface area contributed by atoms with Crippen LogP contribution in [0.1, 0.15) is 35.4 Å². The molecule has 1 unspecified atom stereocenters. The third-order valence-electron chi connectivity index (χ3n) is 5.40. The van der Waals surface area contributed by atoms with Crippen LogP contribution in [-0.4, -0.2) is 39.8 Å². The maximum absolute atomic E-state index is 12.8. The van der Waals surface area contributed by atoms with Gasteiger partial charge >= 0.3 is 0 Å². The van der Waals surface area contributed by atoms with E-state index in [4.69, 9.17) is 9.47 Å². The van der Waals surface area contributed by atoms with Crippen LogP contribution in [0, 0.1) is 20.8 Å². The van der Waals surface area contributed by atoms with Gasteiger partial charge in [-0.3, -0.25) is 14.7 Å². The van der Waals surface area contributed by atoms with E-state index in [0.29, 0.717) is 23.7 Å². The van der Waals surface area contributed by atoms with Crippen molar-refractivity contribution < 1.29 is 14.3 Å². The lowest BCUT2D eigenvalue weighted by atomic mass is 10.1. The number of nitrogens with zero attached hydrogens (tertiary/aromatic N) is 2. The van der Waals surface area contributed by atoms with E-state index in [9.17, 15) is 9.59 Å². The van der Waals surface area contributed by atoms with Gasteiger partial charge in [0.1, 0.15) is 12.4 Å². The summed E-state index contributed by atoms with van der Waals surface area (Å²) in [7, 11) is 0. The molecule has 3 heterocycles. The molecule has 158 valence electrons. The number of carbonyl (C=O) groups is 1. The van der Waals surface area contributed by atoms with Gasteiger partial charge in [-0.2, -0.15) is 0 Å². The van der Waals surface area contributed by atoms with Crippen LogP contribution in [0.2, 0.25) is 0 Å². The smallest absolute Gasteiger partial charge is 0.266 e. The number of aromatic amines is 1. The summed E-state index contributed by atoms with van der Waals surface area (Å²) in [5.41, 5.74) is 4.28. The van der Waals surface area contributed by atoms with E-state index >= 15 is 0 Å². The molecular weight excluding hydrogens is 384 g/mol. The molecule has 1 saturated heterocycles. The Bertz CT molecular complexity index is 1140. The second-order valence-corrected chi connectivity index (χ2v) is 7.75. The Labute approximate surface area is 174 Å². The van der Waals surface area contributed by atoms with Gasteiger partial charge in [-0.25, -0.2) is 9.50 Å². The highest BCUT2D eigenvalue weighted by molar-refractivity contribution is 5.94. The predicted octanol–water partition coefficient (Wildman–Crippen LogP) is 2.69. The minimum Gasteiger partial charge on any atom is -0.489 e. The third kappa shape index (κ3) is 4.23. The zero-order valence-electron chi connectivity index (χ0n) is 17.4. The van der Waals surface area contributed by atoms with E-state index in [2.05, 4.69) is 15.4 Å². The fourth-order valence-electron chi connectivity index (χ4n) is 3.78. The first-order valence-electron chi connectivity index (χ1n) is 10.1.